The van der Waals surface area contributed by atoms with Crippen molar-refractivity contribution in [3.63, 3.8) is 0 Å². The van der Waals surface area contributed by atoms with Gasteiger partial charge in [0.25, 0.3) is 0 Å². The Morgan fingerprint density at radius 3 is 2.86 bits per heavy atom. The molecule has 6 nitrogen and oxygen atoms in total. The van der Waals surface area contributed by atoms with E-state index in [2.05, 4.69) is 15.2 Å². The highest BCUT2D eigenvalue weighted by atomic mass is 16.6. The molecule has 1 aromatic rings. The Labute approximate surface area is 80.8 Å². The number of aliphatic hydroxyl groups excluding tert-OH is 1. The number of hydrogen-bond donors (Lipinski definition) is 2. The highest BCUT2D eigenvalue weighted by Gasteiger charge is 2.11. The number of ether oxygens (including phenoxy) is 1. The standard InChI is InChI=1S/C8H12N2O4/c1-5-6(2)10-14-7(5)9-8(12)13-4-3-11/h11H,3-4H2,1-2H3,(H,9,12). The minimum absolute atomic E-state index is 0.0437. The molecule has 1 rings (SSSR count). The lowest BCUT2D eigenvalue weighted by atomic mass is 10.3. The van der Waals surface area contributed by atoms with Gasteiger partial charge in [-0.05, 0) is 13.8 Å². The van der Waals surface area contributed by atoms with Gasteiger partial charge in [0.2, 0.25) is 5.88 Å². The van der Waals surface area contributed by atoms with Crippen LogP contribution in [0.1, 0.15) is 11.3 Å². The number of amides is 1. The van der Waals surface area contributed by atoms with E-state index in [1.807, 2.05) is 0 Å². The predicted octanol–water partition coefficient (Wildman–Crippen LogP) is 0.832. The molecule has 0 bridgehead atoms. The van der Waals surface area contributed by atoms with E-state index in [0.29, 0.717) is 5.69 Å². The van der Waals surface area contributed by atoms with E-state index in [1.54, 1.807) is 13.8 Å². The van der Waals surface area contributed by atoms with Crippen LogP contribution >= 0.6 is 0 Å². The number of rotatable bonds is 3. The highest BCUT2D eigenvalue weighted by Crippen LogP contribution is 2.17. The van der Waals surface area contributed by atoms with Crippen molar-refractivity contribution in [2.75, 3.05) is 18.5 Å². The van der Waals surface area contributed by atoms with Crippen LogP contribution in [0.4, 0.5) is 10.7 Å². The zero-order chi connectivity index (χ0) is 10.6. The number of carbonyl (C=O) groups is 1. The zero-order valence-corrected chi connectivity index (χ0v) is 8.03. The van der Waals surface area contributed by atoms with Crippen LogP contribution in [-0.4, -0.2) is 29.6 Å². The van der Waals surface area contributed by atoms with Crippen LogP contribution < -0.4 is 5.32 Å². The van der Waals surface area contributed by atoms with Gasteiger partial charge in [-0.25, -0.2) is 4.79 Å². The SMILES string of the molecule is Cc1noc(NC(=O)OCCO)c1C. The second kappa shape index (κ2) is 4.61. The first-order chi connectivity index (χ1) is 6.65. The Morgan fingerprint density at radius 2 is 2.36 bits per heavy atom. The van der Waals surface area contributed by atoms with Crippen LogP contribution in [0.3, 0.4) is 0 Å². The lowest BCUT2D eigenvalue weighted by Gasteiger charge is -2.02. The molecule has 0 aliphatic heterocycles. The Morgan fingerprint density at radius 1 is 1.64 bits per heavy atom. The number of aliphatic hydroxyl groups is 1. The largest absolute Gasteiger partial charge is 0.447 e. The minimum Gasteiger partial charge on any atom is -0.447 e. The normalized spacial score (nSPS) is 9.93. The lowest BCUT2D eigenvalue weighted by Crippen LogP contribution is -2.15. The number of nitrogens with zero attached hydrogens (tertiary/aromatic N) is 1. The Hall–Kier alpha value is -1.56. The van der Waals surface area contributed by atoms with Crippen molar-refractivity contribution in [1.29, 1.82) is 0 Å². The Kier molecular flexibility index (Phi) is 3.47. The van der Waals surface area contributed by atoms with E-state index < -0.39 is 6.09 Å². The second-order valence-electron chi connectivity index (χ2n) is 2.71. The summed E-state index contributed by atoms with van der Waals surface area (Å²) in [7, 11) is 0. The topological polar surface area (TPSA) is 84.6 Å². The van der Waals surface area contributed by atoms with Crippen LogP contribution in [-0.2, 0) is 4.74 Å². The smallest absolute Gasteiger partial charge is 0.414 e. The van der Waals surface area contributed by atoms with E-state index in [0.717, 1.165) is 5.56 Å². The molecule has 1 aromatic heterocycles. The summed E-state index contributed by atoms with van der Waals surface area (Å²) in [6.45, 7) is 3.29. The monoisotopic (exact) mass is 200 g/mol. The Bertz CT molecular complexity index is 321. The summed E-state index contributed by atoms with van der Waals surface area (Å²) in [5, 5.41) is 14.4. The average molecular weight is 200 g/mol. The van der Waals surface area contributed by atoms with Gasteiger partial charge in [-0.15, -0.1) is 0 Å². The summed E-state index contributed by atoms with van der Waals surface area (Å²) in [6.07, 6.45) is -0.668. The van der Waals surface area contributed by atoms with E-state index >= 15 is 0 Å². The van der Waals surface area contributed by atoms with Crippen molar-refractivity contribution < 1.29 is 19.2 Å². The van der Waals surface area contributed by atoms with Crippen molar-refractivity contribution in [2.45, 2.75) is 13.8 Å². The van der Waals surface area contributed by atoms with Gasteiger partial charge in [-0.3, -0.25) is 5.32 Å². The van der Waals surface area contributed by atoms with Gasteiger partial charge in [0.1, 0.15) is 6.61 Å². The molecule has 1 amide bonds. The predicted molar refractivity (Wildman–Crippen MR) is 48.0 cm³/mol. The maximum atomic E-state index is 11.0. The first kappa shape index (κ1) is 10.5. The fraction of sp³-hybridized carbons (Fsp3) is 0.500. The molecule has 0 atom stereocenters. The van der Waals surface area contributed by atoms with Crippen LogP contribution in [0.2, 0.25) is 0 Å². The average Bonchev–Trinajstić information content (AvgIpc) is 2.46. The molecule has 14 heavy (non-hydrogen) atoms. The highest BCUT2D eigenvalue weighted by molar-refractivity contribution is 5.83. The fourth-order valence-electron chi connectivity index (χ4n) is 0.799. The molecule has 6 heteroatoms. The molecule has 0 spiro atoms. The van der Waals surface area contributed by atoms with Crippen molar-refractivity contribution in [2.24, 2.45) is 0 Å². The first-order valence-corrected chi connectivity index (χ1v) is 4.12. The molecule has 0 radical (unpaired) electrons. The van der Waals surface area contributed by atoms with Crippen LogP contribution in [0, 0.1) is 13.8 Å². The van der Waals surface area contributed by atoms with Crippen LogP contribution in [0.25, 0.3) is 0 Å². The summed E-state index contributed by atoms with van der Waals surface area (Å²) >= 11 is 0. The molecule has 0 saturated heterocycles. The van der Waals surface area contributed by atoms with E-state index in [-0.39, 0.29) is 19.1 Å². The third-order valence-electron chi connectivity index (χ3n) is 1.70. The fourth-order valence-corrected chi connectivity index (χ4v) is 0.799. The van der Waals surface area contributed by atoms with E-state index in [9.17, 15) is 4.79 Å². The number of anilines is 1. The summed E-state index contributed by atoms with van der Waals surface area (Å²) < 4.78 is 9.39. The summed E-state index contributed by atoms with van der Waals surface area (Å²) in [5.74, 6) is 0.269. The molecule has 1 heterocycles. The van der Waals surface area contributed by atoms with Gasteiger partial charge in [0.05, 0.1) is 12.3 Å². The summed E-state index contributed by atoms with van der Waals surface area (Å²) in [4.78, 5) is 11.0. The molecule has 0 aliphatic carbocycles. The quantitative estimate of drug-likeness (QED) is 0.754. The molecular formula is C8H12N2O4. The molecule has 2 N–H and O–H groups in total. The minimum atomic E-state index is -0.668. The van der Waals surface area contributed by atoms with Crippen LogP contribution in [0.15, 0.2) is 4.52 Å². The molecule has 0 aromatic carbocycles. The molecule has 0 saturated carbocycles. The second-order valence-corrected chi connectivity index (χ2v) is 2.71. The maximum Gasteiger partial charge on any atom is 0.414 e. The van der Waals surface area contributed by atoms with Gasteiger partial charge < -0.3 is 14.4 Å². The summed E-state index contributed by atoms with van der Waals surface area (Å²) in [6, 6.07) is 0. The van der Waals surface area contributed by atoms with Gasteiger partial charge in [0, 0.05) is 5.56 Å². The van der Waals surface area contributed by atoms with E-state index in [1.165, 1.54) is 0 Å². The van der Waals surface area contributed by atoms with Gasteiger partial charge >= 0.3 is 6.09 Å². The number of carbonyl (C=O) groups excluding carboxylic acids is 1. The van der Waals surface area contributed by atoms with Crippen molar-refractivity contribution >= 4 is 12.0 Å². The van der Waals surface area contributed by atoms with Gasteiger partial charge in [-0.1, -0.05) is 5.16 Å². The molecular weight excluding hydrogens is 188 g/mol. The molecule has 0 aliphatic rings. The van der Waals surface area contributed by atoms with Gasteiger partial charge in [0.15, 0.2) is 0 Å². The first-order valence-electron chi connectivity index (χ1n) is 4.12. The third-order valence-corrected chi connectivity index (χ3v) is 1.70. The van der Waals surface area contributed by atoms with Crippen molar-refractivity contribution in [1.82, 2.24) is 5.16 Å². The maximum absolute atomic E-state index is 11.0. The number of aromatic nitrogens is 1. The van der Waals surface area contributed by atoms with Gasteiger partial charge in [-0.2, -0.15) is 0 Å². The van der Waals surface area contributed by atoms with Crippen molar-refractivity contribution in [3.05, 3.63) is 11.3 Å². The Balaban J connectivity index is 2.52. The number of nitrogens with one attached hydrogen (secondary N) is 1. The third kappa shape index (κ3) is 2.46. The number of aryl methyl sites for hydroxylation is 1. The number of hydrogen-bond acceptors (Lipinski definition) is 5. The lowest BCUT2D eigenvalue weighted by molar-refractivity contribution is 0.130. The molecule has 0 unspecified atom stereocenters. The van der Waals surface area contributed by atoms with Crippen LogP contribution in [0.5, 0.6) is 0 Å². The molecule has 78 valence electrons. The molecule has 0 fully saturated rings. The zero-order valence-electron chi connectivity index (χ0n) is 8.03. The van der Waals surface area contributed by atoms with E-state index in [4.69, 9.17) is 9.63 Å². The summed E-state index contributed by atoms with van der Waals surface area (Å²) in [5.41, 5.74) is 1.47. The van der Waals surface area contributed by atoms with Crippen molar-refractivity contribution in [3.8, 4) is 0 Å².